The van der Waals surface area contributed by atoms with E-state index in [1.165, 1.54) is 0 Å². The standard InChI is InChI=1S/C11H13N3O3/c1-14-8-5-6(17-2)3-4-7(8)10(13-14)9(12)11(15)16/h3-5,9H,12H2,1-2H3,(H,15,16). The van der Waals surface area contributed by atoms with Crippen LogP contribution < -0.4 is 10.5 Å². The van der Waals surface area contributed by atoms with Crippen molar-refractivity contribution in [3.05, 3.63) is 23.9 Å². The Balaban J connectivity index is 2.63. The van der Waals surface area contributed by atoms with Gasteiger partial charge in [-0.3, -0.25) is 9.48 Å². The molecule has 0 saturated carbocycles. The Morgan fingerprint density at radius 1 is 1.59 bits per heavy atom. The van der Waals surface area contributed by atoms with E-state index < -0.39 is 12.0 Å². The fourth-order valence-corrected chi connectivity index (χ4v) is 1.74. The van der Waals surface area contributed by atoms with E-state index in [1.807, 2.05) is 0 Å². The highest BCUT2D eigenvalue weighted by Crippen LogP contribution is 2.26. The Labute approximate surface area is 97.6 Å². The number of fused-ring (bicyclic) bond motifs is 1. The van der Waals surface area contributed by atoms with Gasteiger partial charge in [-0.25, -0.2) is 0 Å². The number of methoxy groups -OCH3 is 1. The summed E-state index contributed by atoms with van der Waals surface area (Å²) in [5.41, 5.74) is 6.73. The summed E-state index contributed by atoms with van der Waals surface area (Å²) in [6.45, 7) is 0. The summed E-state index contributed by atoms with van der Waals surface area (Å²) < 4.78 is 6.70. The van der Waals surface area contributed by atoms with Crippen LogP contribution in [-0.4, -0.2) is 28.0 Å². The molecule has 17 heavy (non-hydrogen) atoms. The van der Waals surface area contributed by atoms with Gasteiger partial charge in [-0.15, -0.1) is 0 Å². The molecule has 1 heterocycles. The second-order valence-corrected chi connectivity index (χ2v) is 3.71. The second-order valence-electron chi connectivity index (χ2n) is 3.71. The monoisotopic (exact) mass is 235 g/mol. The molecular weight excluding hydrogens is 222 g/mol. The normalized spacial score (nSPS) is 12.6. The SMILES string of the molecule is COc1ccc2c(C(N)C(=O)O)nn(C)c2c1. The number of aromatic nitrogens is 2. The fourth-order valence-electron chi connectivity index (χ4n) is 1.74. The van der Waals surface area contributed by atoms with Crippen molar-refractivity contribution in [1.29, 1.82) is 0 Å². The van der Waals surface area contributed by atoms with Gasteiger partial charge in [0.1, 0.15) is 11.8 Å². The van der Waals surface area contributed by atoms with Crippen molar-refractivity contribution in [3.63, 3.8) is 0 Å². The minimum Gasteiger partial charge on any atom is -0.497 e. The van der Waals surface area contributed by atoms with Gasteiger partial charge in [0, 0.05) is 18.5 Å². The number of aryl methyl sites for hydroxylation is 1. The van der Waals surface area contributed by atoms with Crippen LogP contribution in [-0.2, 0) is 11.8 Å². The molecule has 2 rings (SSSR count). The van der Waals surface area contributed by atoms with Gasteiger partial charge in [-0.2, -0.15) is 5.10 Å². The summed E-state index contributed by atoms with van der Waals surface area (Å²) in [5.74, 6) is -0.406. The maximum Gasteiger partial charge on any atom is 0.326 e. The van der Waals surface area contributed by atoms with E-state index in [1.54, 1.807) is 37.0 Å². The minimum atomic E-state index is -1.12. The number of hydrogen-bond acceptors (Lipinski definition) is 4. The van der Waals surface area contributed by atoms with E-state index in [-0.39, 0.29) is 0 Å². The molecule has 0 aliphatic rings. The lowest BCUT2D eigenvalue weighted by atomic mass is 10.1. The minimum absolute atomic E-state index is 0.359. The molecule has 0 bridgehead atoms. The van der Waals surface area contributed by atoms with Crippen LogP contribution in [0.1, 0.15) is 11.7 Å². The van der Waals surface area contributed by atoms with E-state index in [9.17, 15) is 4.79 Å². The summed E-state index contributed by atoms with van der Waals surface area (Å²) in [6.07, 6.45) is 0. The van der Waals surface area contributed by atoms with E-state index in [0.717, 1.165) is 10.9 Å². The first kappa shape index (κ1) is 11.4. The van der Waals surface area contributed by atoms with Crippen molar-refractivity contribution >= 4 is 16.9 Å². The number of benzene rings is 1. The van der Waals surface area contributed by atoms with E-state index in [2.05, 4.69) is 5.10 Å². The lowest BCUT2D eigenvalue weighted by Crippen LogP contribution is -2.21. The molecule has 1 atom stereocenters. The summed E-state index contributed by atoms with van der Waals surface area (Å²) in [7, 11) is 3.31. The zero-order valence-corrected chi connectivity index (χ0v) is 9.54. The van der Waals surface area contributed by atoms with Gasteiger partial charge in [-0.1, -0.05) is 0 Å². The summed E-state index contributed by atoms with van der Waals surface area (Å²) in [4.78, 5) is 10.9. The smallest absolute Gasteiger partial charge is 0.326 e. The Kier molecular flexibility index (Phi) is 2.72. The quantitative estimate of drug-likeness (QED) is 0.815. The maximum atomic E-state index is 10.9. The van der Waals surface area contributed by atoms with E-state index in [0.29, 0.717) is 11.4 Å². The van der Waals surface area contributed by atoms with Gasteiger partial charge in [-0.05, 0) is 12.1 Å². The summed E-state index contributed by atoms with van der Waals surface area (Å²) in [6, 6.07) is 4.19. The molecule has 1 aromatic heterocycles. The van der Waals surface area contributed by atoms with Crippen molar-refractivity contribution in [3.8, 4) is 5.75 Å². The number of carbonyl (C=O) groups is 1. The first-order valence-electron chi connectivity index (χ1n) is 5.03. The van der Waals surface area contributed by atoms with Crippen LogP contribution in [0.3, 0.4) is 0 Å². The molecule has 6 heteroatoms. The molecule has 6 nitrogen and oxygen atoms in total. The van der Waals surface area contributed by atoms with Gasteiger partial charge in [0.2, 0.25) is 0 Å². The Morgan fingerprint density at radius 3 is 2.88 bits per heavy atom. The summed E-state index contributed by atoms with van der Waals surface area (Å²) in [5, 5.41) is 13.8. The van der Waals surface area contributed by atoms with Crippen LogP contribution in [0.15, 0.2) is 18.2 Å². The molecule has 90 valence electrons. The third-order valence-electron chi connectivity index (χ3n) is 2.65. The molecule has 2 aromatic rings. The molecule has 1 unspecified atom stereocenters. The Morgan fingerprint density at radius 2 is 2.29 bits per heavy atom. The first-order chi connectivity index (χ1) is 8.04. The zero-order valence-electron chi connectivity index (χ0n) is 9.54. The highest BCUT2D eigenvalue weighted by molar-refractivity contribution is 5.88. The first-order valence-corrected chi connectivity index (χ1v) is 5.03. The molecule has 0 spiro atoms. The van der Waals surface area contributed by atoms with E-state index >= 15 is 0 Å². The number of nitrogens with zero attached hydrogens (tertiary/aromatic N) is 2. The lowest BCUT2D eigenvalue weighted by Gasteiger charge is -2.03. The predicted octanol–water partition coefficient (Wildman–Crippen LogP) is 0.666. The molecule has 0 aliphatic carbocycles. The second kappa shape index (κ2) is 4.06. The number of nitrogens with two attached hydrogens (primary N) is 1. The van der Waals surface area contributed by atoms with Crippen LogP contribution in [0.25, 0.3) is 10.9 Å². The lowest BCUT2D eigenvalue weighted by molar-refractivity contribution is -0.138. The van der Waals surface area contributed by atoms with Crippen molar-refractivity contribution < 1.29 is 14.6 Å². The number of rotatable bonds is 3. The zero-order chi connectivity index (χ0) is 12.6. The molecule has 3 N–H and O–H groups in total. The van der Waals surface area contributed by atoms with Gasteiger partial charge in [0.05, 0.1) is 18.3 Å². The van der Waals surface area contributed by atoms with Crippen LogP contribution in [0.2, 0.25) is 0 Å². The Hall–Kier alpha value is -2.08. The number of hydrogen-bond donors (Lipinski definition) is 2. The topological polar surface area (TPSA) is 90.4 Å². The molecule has 0 aliphatic heterocycles. The van der Waals surface area contributed by atoms with Gasteiger partial charge in [0.25, 0.3) is 0 Å². The van der Waals surface area contributed by atoms with Gasteiger partial charge >= 0.3 is 5.97 Å². The number of carboxylic acids is 1. The van der Waals surface area contributed by atoms with Gasteiger partial charge in [0.15, 0.2) is 0 Å². The largest absolute Gasteiger partial charge is 0.497 e. The molecule has 0 amide bonds. The van der Waals surface area contributed by atoms with Crippen molar-refractivity contribution in [1.82, 2.24) is 9.78 Å². The third kappa shape index (κ3) is 1.83. The van der Waals surface area contributed by atoms with Crippen LogP contribution >= 0.6 is 0 Å². The van der Waals surface area contributed by atoms with Crippen molar-refractivity contribution in [2.75, 3.05) is 7.11 Å². The number of ether oxygens (including phenoxy) is 1. The molecule has 1 aromatic carbocycles. The molecular formula is C11H13N3O3. The molecule has 0 radical (unpaired) electrons. The van der Waals surface area contributed by atoms with Crippen molar-refractivity contribution in [2.45, 2.75) is 6.04 Å². The maximum absolute atomic E-state index is 10.9. The highest BCUT2D eigenvalue weighted by atomic mass is 16.5. The Bertz CT molecular complexity index is 577. The van der Waals surface area contributed by atoms with Gasteiger partial charge < -0.3 is 15.6 Å². The van der Waals surface area contributed by atoms with Crippen LogP contribution in [0, 0.1) is 0 Å². The van der Waals surface area contributed by atoms with Crippen molar-refractivity contribution in [2.24, 2.45) is 12.8 Å². The molecule has 0 fully saturated rings. The average molecular weight is 235 g/mol. The van der Waals surface area contributed by atoms with Crippen LogP contribution in [0.4, 0.5) is 0 Å². The van der Waals surface area contributed by atoms with E-state index in [4.69, 9.17) is 15.6 Å². The number of aliphatic carboxylic acids is 1. The third-order valence-corrected chi connectivity index (χ3v) is 2.65. The number of carboxylic acid groups (broad SMARTS) is 1. The molecule has 0 saturated heterocycles. The predicted molar refractivity (Wildman–Crippen MR) is 61.8 cm³/mol. The fraction of sp³-hybridized carbons (Fsp3) is 0.273. The highest BCUT2D eigenvalue weighted by Gasteiger charge is 2.21. The summed E-state index contributed by atoms with van der Waals surface area (Å²) >= 11 is 0. The van der Waals surface area contributed by atoms with Crippen LogP contribution in [0.5, 0.6) is 5.75 Å². The average Bonchev–Trinajstić information content (AvgIpc) is 2.65.